The van der Waals surface area contributed by atoms with Crippen LogP contribution in [0, 0.1) is 0 Å². The molecule has 1 unspecified atom stereocenters. The standard InChI is InChI=1S/C30H34ClNO6S/c1-3-37-22-9-4-18(5-10-22)14-21-15-20(8-13-24(21)31)29-28(35)27(34)26(33)25(38-29)16-39-23-11-6-19(7-12-23)17(2)30(32)36/h4-13,15,17,25-29,33-35H,3,14,16H2,1-2H3,(H2,32,36)/t17?,25-,26-,27+,28-,29+/m1/s1. The van der Waals surface area contributed by atoms with Crippen LogP contribution in [0.2, 0.25) is 5.02 Å². The van der Waals surface area contributed by atoms with E-state index in [4.69, 9.17) is 26.8 Å². The lowest BCUT2D eigenvalue weighted by atomic mass is 9.90. The molecule has 39 heavy (non-hydrogen) atoms. The van der Waals surface area contributed by atoms with Gasteiger partial charge in [0.25, 0.3) is 0 Å². The third-order valence-electron chi connectivity index (χ3n) is 6.96. The van der Waals surface area contributed by atoms with Crippen LogP contribution >= 0.6 is 23.4 Å². The van der Waals surface area contributed by atoms with Crippen LogP contribution in [0.1, 0.15) is 48.1 Å². The molecule has 0 saturated carbocycles. The number of nitrogens with two attached hydrogens (primary N) is 1. The first kappa shape index (κ1) is 29.4. The summed E-state index contributed by atoms with van der Waals surface area (Å²) in [4.78, 5) is 12.3. The quantitative estimate of drug-likeness (QED) is 0.269. The zero-order valence-electron chi connectivity index (χ0n) is 21.9. The summed E-state index contributed by atoms with van der Waals surface area (Å²) < 4.78 is 11.7. The number of benzene rings is 3. The fraction of sp³-hybridized carbons (Fsp3) is 0.367. The predicted octanol–water partition coefficient (Wildman–Crippen LogP) is 4.23. The third-order valence-corrected chi connectivity index (χ3v) is 8.43. The highest BCUT2D eigenvalue weighted by molar-refractivity contribution is 7.99. The minimum absolute atomic E-state index is 0.346. The van der Waals surface area contributed by atoms with Crippen LogP contribution in [0.15, 0.2) is 71.6 Å². The normalized spacial score (nSPS) is 23.8. The molecule has 3 aromatic rings. The van der Waals surface area contributed by atoms with Crippen molar-refractivity contribution in [3.8, 4) is 5.75 Å². The van der Waals surface area contributed by atoms with Crippen LogP contribution in [0.3, 0.4) is 0 Å². The van der Waals surface area contributed by atoms with E-state index in [1.165, 1.54) is 11.8 Å². The van der Waals surface area contributed by atoms with Crippen molar-refractivity contribution < 1.29 is 29.6 Å². The van der Waals surface area contributed by atoms with Gasteiger partial charge in [0.1, 0.15) is 30.2 Å². The van der Waals surface area contributed by atoms with E-state index < -0.39 is 36.4 Å². The lowest BCUT2D eigenvalue weighted by Gasteiger charge is -2.41. The number of ether oxygens (including phenoxy) is 2. The lowest BCUT2D eigenvalue weighted by molar-refractivity contribution is -0.218. The molecule has 1 aliphatic rings. The summed E-state index contributed by atoms with van der Waals surface area (Å²) in [5.74, 6) is 0.368. The Bertz CT molecular complexity index is 1260. The molecule has 9 heteroatoms. The minimum Gasteiger partial charge on any atom is -0.494 e. The molecule has 1 aliphatic heterocycles. The van der Waals surface area contributed by atoms with E-state index in [0.717, 1.165) is 27.3 Å². The Hall–Kier alpha value is -2.59. The van der Waals surface area contributed by atoms with Crippen LogP contribution < -0.4 is 10.5 Å². The number of primary amides is 1. The Labute approximate surface area is 237 Å². The van der Waals surface area contributed by atoms with Gasteiger partial charge in [-0.25, -0.2) is 0 Å². The van der Waals surface area contributed by atoms with Crippen molar-refractivity contribution in [1.82, 2.24) is 0 Å². The SMILES string of the molecule is CCOc1ccc(Cc2cc([C@@H]3O[C@H](CSc4ccc(C(C)C(N)=O)cc4)[C@@H](O)[C@H](O)[C@H]3O)ccc2Cl)cc1. The van der Waals surface area contributed by atoms with E-state index in [9.17, 15) is 20.1 Å². The number of rotatable bonds is 10. The van der Waals surface area contributed by atoms with Gasteiger partial charge in [-0.1, -0.05) is 48.0 Å². The maximum Gasteiger partial charge on any atom is 0.224 e. The maximum atomic E-state index is 11.4. The van der Waals surface area contributed by atoms with Gasteiger partial charge in [-0.15, -0.1) is 11.8 Å². The topological polar surface area (TPSA) is 122 Å². The molecule has 1 heterocycles. The largest absolute Gasteiger partial charge is 0.494 e. The van der Waals surface area contributed by atoms with Gasteiger partial charge in [-0.3, -0.25) is 4.79 Å². The summed E-state index contributed by atoms with van der Waals surface area (Å²) in [6, 6.07) is 20.6. The van der Waals surface area contributed by atoms with Crippen LogP contribution in [0.25, 0.3) is 0 Å². The van der Waals surface area contributed by atoms with Crippen molar-refractivity contribution in [2.24, 2.45) is 5.73 Å². The first-order valence-electron chi connectivity index (χ1n) is 12.9. The Morgan fingerprint density at radius 3 is 2.36 bits per heavy atom. The van der Waals surface area contributed by atoms with Crippen molar-refractivity contribution in [3.63, 3.8) is 0 Å². The molecule has 0 aliphatic carbocycles. The highest BCUT2D eigenvalue weighted by Gasteiger charge is 2.44. The van der Waals surface area contributed by atoms with Gasteiger partial charge < -0.3 is 30.5 Å². The summed E-state index contributed by atoms with van der Waals surface area (Å²) in [7, 11) is 0. The molecule has 7 nitrogen and oxygen atoms in total. The smallest absolute Gasteiger partial charge is 0.224 e. The molecule has 0 bridgehead atoms. The van der Waals surface area contributed by atoms with Crippen molar-refractivity contribution in [2.75, 3.05) is 12.4 Å². The fourth-order valence-corrected chi connectivity index (χ4v) is 5.70. The second kappa shape index (κ2) is 13.2. The zero-order chi connectivity index (χ0) is 28.1. The molecule has 0 aromatic heterocycles. The zero-order valence-corrected chi connectivity index (χ0v) is 23.4. The number of carbonyl (C=O) groups is 1. The second-order valence-corrected chi connectivity index (χ2v) is 11.2. The molecule has 3 aromatic carbocycles. The highest BCUT2D eigenvalue weighted by atomic mass is 35.5. The molecule has 1 amide bonds. The fourth-order valence-electron chi connectivity index (χ4n) is 4.56. The number of aliphatic hydroxyl groups excluding tert-OH is 3. The molecular formula is C30H34ClNO6S. The predicted molar refractivity (Wildman–Crippen MR) is 152 cm³/mol. The van der Waals surface area contributed by atoms with Crippen molar-refractivity contribution >= 4 is 29.3 Å². The van der Waals surface area contributed by atoms with Gasteiger partial charge in [-0.2, -0.15) is 0 Å². The number of halogens is 1. The van der Waals surface area contributed by atoms with Crippen LogP contribution in [0.5, 0.6) is 5.75 Å². The number of hydrogen-bond donors (Lipinski definition) is 4. The molecule has 4 rings (SSSR count). The summed E-state index contributed by atoms with van der Waals surface area (Å²) in [5, 5.41) is 32.7. The average molecular weight is 572 g/mol. The van der Waals surface area contributed by atoms with Gasteiger partial charge in [-0.05, 0) is 72.9 Å². The van der Waals surface area contributed by atoms with Gasteiger partial charge in [0.15, 0.2) is 0 Å². The second-order valence-electron chi connectivity index (χ2n) is 9.68. The minimum atomic E-state index is -1.38. The summed E-state index contributed by atoms with van der Waals surface area (Å²) >= 11 is 7.95. The van der Waals surface area contributed by atoms with Gasteiger partial charge >= 0.3 is 0 Å². The Kier molecular flexibility index (Phi) is 9.93. The molecule has 0 radical (unpaired) electrons. The number of aliphatic hydroxyl groups is 3. The van der Waals surface area contributed by atoms with Crippen LogP contribution in [-0.4, -0.2) is 58.0 Å². The molecule has 0 spiro atoms. The van der Waals surface area contributed by atoms with Gasteiger partial charge in [0.2, 0.25) is 5.91 Å². The Morgan fingerprint density at radius 1 is 1.03 bits per heavy atom. The summed E-state index contributed by atoms with van der Waals surface area (Å²) in [6.07, 6.45) is -4.95. The van der Waals surface area contributed by atoms with Crippen LogP contribution in [0.4, 0.5) is 0 Å². The van der Waals surface area contributed by atoms with E-state index in [2.05, 4.69) is 0 Å². The Morgan fingerprint density at radius 2 is 1.72 bits per heavy atom. The molecule has 1 fully saturated rings. The maximum absolute atomic E-state index is 11.4. The van der Waals surface area contributed by atoms with Crippen molar-refractivity contribution in [2.45, 2.75) is 61.6 Å². The first-order chi connectivity index (χ1) is 18.7. The number of amides is 1. The van der Waals surface area contributed by atoms with E-state index in [0.29, 0.717) is 29.4 Å². The molecule has 6 atom stereocenters. The van der Waals surface area contributed by atoms with E-state index in [1.54, 1.807) is 19.1 Å². The number of carbonyl (C=O) groups excluding carboxylic acids is 1. The molecular weight excluding hydrogens is 538 g/mol. The third kappa shape index (κ3) is 7.14. The molecule has 208 valence electrons. The average Bonchev–Trinajstić information content (AvgIpc) is 2.94. The van der Waals surface area contributed by atoms with Gasteiger partial charge in [0, 0.05) is 15.7 Å². The Balaban J connectivity index is 1.47. The number of hydrogen-bond acceptors (Lipinski definition) is 7. The van der Waals surface area contributed by atoms with E-state index in [1.807, 2.05) is 61.5 Å². The van der Waals surface area contributed by atoms with Crippen LogP contribution in [-0.2, 0) is 16.0 Å². The van der Waals surface area contributed by atoms with Crippen molar-refractivity contribution in [1.29, 1.82) is 0 Å². The highest BCUT2D eigenvalue weighted by Crippen LogP contribution is 2.36. The van der Waals surface area contributed by atoms with E-state index in [-0.39, 0.29) is 5.92 Å². The molecule has 5 N–H and O–H groups in total. The number of thioether (sulfide) groups is 1. The summed E-state index contributed by atoms with van der Waals surface area (Å²) in [6.45, 7) is 4.29. The molecule has 1 saturated heterocycles. The van der Waals surface area contributed by atoms with E-state index >= 15 is 0 Å². The lowest BCUT2D eigenvalue weighted by Crippen LogP contribution is -2.54. The summed E-state index contributed by atoms with van der Waals surface area (Å²) in [5.41, 5.74) is 8.78. The van der Waals surface area contributed by atoms with Crippen molar-refractivity contribution in [3.05, 3.63) is 94.0 Å². The first-order valence-corrected chi connectivity index (χ1v) is 14.3. The van der Waals surface area contributed by atoms with Gasteiger partial charge in [0.05, 0.1) is 18.6 Å². The monoisotopic (exact) mass is 571 g/mol.